The summed E-state index contributed by atoms with van der Waals surface area (Å²) in [4.78, 5) is 0. The van der Waals surface area contributed by atoms with Crippen LogP contribution in [-0.4, -0.2) is 17.2 Å². The molecule has 1 rings (SSSR count). The van der Waals surface area contributed by atoms with E-state index < -0.39 is 36.7 Å². The van der Waals surface area contributed by atoms with Crippen molar-refractivity contribution >= 4 is 12.6 Å². The molecule has 0 saturated carbocycles. The fraction of sp³-hybridized carbons (Fsp3) is 0.250. The molecule has 0 aliphatic rings. The normalized spacial score (nSPS) is 15.6. The van der Waals surface area contributed by atoms with E-state index in [0.717, 1.165) is 12.1 Å². The molecule has 0 spiro atoms. The van der Waals surface area contributed by atoms with Crippen LogP contribution in [0.4, 0.5) is 13.2 Å². The summed E-state index contributed by atoms with van der Waals surface area (Å²) in [7, 11) is -2.31. The first kappa shape index (κ1) is 7.31. The van der Waals surface area contributed by atoms with Crippen LogP contribution in [0.1, 0.15) is 15.2 Å². The smallest absolute Gasteiger partial charge is 0.423 e. The molecule has 0 amide bonds. The van der Waals surface area contributed by atoms with Gasteiger partial charge in [0.05, 0.1) is 5.56 Å². The van der Waals surface area contributed by atoms with Crippen LogP contribution in [0.25, 0.3) is 0 Å². The summed E-state index contributed by atoms with van der Waals surface area (Å²) in [6.45, 7) is -2.68. The third-order valence-corrected chi connectivity index (χ3v) is 1.64. The Morgan fingerprint density at radius 3 is 2.43 bits per heavy atom. The minimum absolute atomic E-state index is 0.405. The zero-order valence-electron chi connectivity index (χ0n) is 9.84. The molecule has 0 unspecified atom stereocenters. The van der Waals surface area contributed by atoms with Crippen molar-refractivity contribution in [2.75, 3.05) is 0 Å². The SMILES string of the molecule is [2H]C([2H])([2H])c1ccc(B(O)O)c(C(F)(F)F)c1. The first-order valence-corrected chi connectivity index (χ1v) is 3.61. The molecule has 0 aliphatic heterocycles. The van der Waals surface area contributed by atoms with Gasteiger partial charge in [-0.1, -0.05) is 17.7 Å². The second kappa shape index (κ2) is 3.63. The lowest BCUT2D eigenvalue weighted by Crippen LogP contribution is -2.36. The zero-order valence-corrected chi connectivity index (χ0v) is 6.84. The van der Waals surface area contributed by atoms with E-state index in [4.69, 9.17) is 14.2 Å². The Labute approximate surface area is 83.4 Å². The molecule has 2 N–H and O–H groups in total. The van der Waals surface area contributed by atoms with Gasteiger partial charge < -0.3 is 10.0 Å². The number of hydrogen-bond acceptors (Lipinski definition) is 2. The Hall–Kier alpha value is -1.01. The number of aryl methyl sites for hydroxylation is 1. The molecule has 0 radical (unpaired) electrons. The van der Waals surface area contributed by atoms with Gasteiger partial charge in [-0.3, -0.25) is 0 Å². The molecule has 14 heavy (non-hydrogen) atoms. The molecule has 1 aromatic rings. The van der Waals surface area contributed by atoms with Crippen molar-refractivity contribution in [2.24, 2.45) is 0 Å². The fourth-order valence-corrected chi connectivity index (χ4v) is 1.03. The number of benzene rings is 1. The molecular formula is C8H8BF3O2. The van der Waals surface area contributed by atoms with E-state index in [9.17, 15) is 13.2 Å². The Morgan fingerprint density at radius 2 is 2.00 bits per heavy atom. The second-order valence-electron chi connectivity index (χ2n) is 2.67. The zero-order chi connectivity index (χ0) is 13.4. The molecular weight excluding hydrogens is 196 g/mol. The van der Waals surface area contributed by atoms with Crippen LogP contribution < -0.4 is 5.46 Å². The third kappa shape index (κ3) is 2.27. The summed E-state index contributed by atoms with van der Waals surface area (Å²) in [5.41, 5.74) is -2.64. The lowest BCUT2D eigenvalue weighted by Gasteiger charge is -2.12. The second-order valence-corrected chi connectivity index (χ2v) is 2.67. The van der Waals surface area contributed by atoms with Crippen molar-refractivity contribution in [1.82, 2.24) is 0 Å². The third-order valence-electron chi connectivity index (χ3n) is 1.64. The van der Waals surface area contributed by atoms with E-state index in [2.05, 4.69) is 0 Å². The number of rotatable bonds is 1. The van der Waals surface area contributed by atoms with Gasteiger partial charge in [-0.25, -0.2) is 0 Å². The van der Waals surface area contributed by atoms with Gasteiger partial charge in [0, 0.05) is 4.11 Å². The Morgan fingerprint density at radius 1 is 1.36 bits per heavy atom. The van der Waals surface area contributed by atoms with Gasteiger partial charge in [-0.2, -0.15) is 13.2 Å². The highest BCUT2D eigenvalue weighted by Crippen LogP contribution is 2.28. The first-order chi connectivity index (χ1) is 7.53. The maximum absolute atomic E-state index is 12.6. The Kier molecular flexibility index (Phi) is 1.89. The van der Waals surface area contributed by atoms with E-state index in [1.807, 2.05) is 0 Å². The Balaban J connectivity index is 3.41. The maximum Gasteiger partial charge on any atom is 0.489 e. The summed E-state index contributed by atoms with van der Waals surface area (Å²) in [5.74, 6) is 0. The van der Waals surface area contributed by atoms with E-state index >= 15 is 0 Å². The minimum atomic E-state index is -4.85. The van der Waals surface area contributed by atoms with Gasteiger partial charge in [0.1, 0.15) is 0 Å². The predicted molar refractivity (Wildman–Crippen MR) is 46.0 cm³/mol. The summed E-state index contributed by atoms with van der Waals surface area (Å²) >= 11 is 0. The summed E-state index contributed by atoms with van der Waals surface area (Å²) in [5, 5.41) is 17.6. The molecule has 0 saturated heterocycles. The number of halogens is 3. The fourth-order valence-electron chi connectivity index (χ4n) is 1.03. The average molecular weight is 207 g/mol. The topological polar surface area (TPSA) is 40.5 Å². The Bertz CT molecular complexity index is 417. The highest BCUT2D eigenvalue weighted by molar-refractivity contribution is 6.59. The van der Waals surface area contributed by atoms with Crippen molar-refractivity contribution in [2.45, 2.75) is 13.0 Å². The van der Waals surface area contributed by atoms with Crippen molar-refractivity contribution in [3.63, 3.8) is 0 Å². The summed E-state index contributed by atoms with van der Waals surface area (Å²) in [6, 6.07) is 2.06. The van der Waals surface area contributed by atoms with Crippen LogP contribution in [0.3, 0.4) is 0 Å². The predicted octanol–water partition coefficient (Wildman–Crippen LogP) is 0.694. The van der Waals surface area contributed by atoms with Crippen LogP contribution in [0, 0.1) is 6.85 Å². The molecule has 0 aromatic heterocycles. The quantitative estimate of drug-likeness (QED) is 0.665. The molecule has 1 aromatic carbocycles. The highest BCUT2D eigenvalue weighted by atomic mass is 19.4. The molecule has 0 fully saturated rings. The standard InChI is InChI=1S/C8H8BF3O2/c1-5-2-3-7(9(13)14)6(4-5)8(10,11)12/h2-4,13-14H,1H3/i1D3. The monoisotopic (exact) mass is 207 g/mol. The lowest BCUT2D eigenvalue weighted by atomic mass is 9.76. The van der Waals surface area contributed by atoms with E-state index in [0.29, 0.717) is 6.07 Å². The van der Waals surface area contributed by atoms with Crippen LogP contribution in [-0.2, 0) is 6.18 Å². The van der Waals surface area contributed by atoms with Gasteiger partial charge in [-0.05, 0) is 18.4 Å². The molecule has 0 bridgehead atoms. The maximum atomic E-state index is 12.6. The van der Waals surface area contributed by atoms with E-state index in [1.165, 1.54) is 0 Å². The first-order valence-electron chi connectivity index (χ1n) is 5.11. The van der Waals surface area contributed by atoms with Crippen molar-refractivity contribution in [3.8, 4) is 0 Å². The lowest BCUT2D eigenvalue weighted by molar-refractivity contribution is -0.136. The molecule has 0 heterocycles. The molecule has 0 atom stereocenters. The van der Waals surface area contributed by atoms with E-state index in [-0.39, 0.29) is 0 Å². The van der Waals surface area contributed by atoms with Gasteiger partial charge in [0.15, 0.2) is 0 Å². The average Bonchev–Trinajstić information content (AvgIpc) is 2.14. The number of alkyl halides is 3. The van der Waals surface area contributed by atoms with Crippen LogP contribution >= 0.6 is 0 Å². The summed E-state index contributed by atoms with van der Waals surface area (Å²) in [6.07, 6.45) is -4.85. The van der Waals surface area contributed by atoms with Crippen molar-refractivity contribution in [1.29, 1.82) is 0 Å². The van der Waals surface area contributed by atoms with Crippen LogP contribution in [0.5, 0.6) is 0 Å². The molecule has 76 valence electrons. The molecule has 0 aliphatic carbocycles. The van der Waals surface area contributed by atoms with Crippen LogP contribution in [0.15, 0.2) is 18.2 Å². The van der Waals surface area contributed by atoms with Gasteiger partial charge >= 0.3 is 13.3 Å². The van der Waals surface area contributed by atoms with Crippen molar-refractivity contribution in [3.05, 3.63) is 29.3 Å². The van der Waals surface area contributed by atoms with Crippen LogP contribution in [0.2, 0.25) is 0 Å². The van der Waals surface area contributed by atoms with Crippen molar-refractivity contribution < 1.29 is 27.3 Å². The molecule has 6 heteroatoms. The van der Waals surface area contributed by atoms with Gasteiger partial charge in [0.2, 0.25) is 0 Å². The van der Waals surface area contributed by atoms with Gasteiger partial charge in [0.25, 0.3) is 0 Å². The highest BCUT2D eigenvalue weighted by Gasteiger charge is 2.36. The van der Waals surface area contributed by atoms with Gasteiger partial charge in [-0.15, -0.1) is 0 Å². The molecule has 2 nitrogen and oxygen atoms in total. The number of hydrogen-bond donors (Lipinski definition) is 2. The summed E-state index contributed by atoms with van der Waals surface area (Å²) < 4.78 is 58.7. The minimum Gasteiger partial charge on any atom is -0.423 e. The largest absolute Gasteiger partial charge is 0.489 e. The van der Waals surface area contributed by atoms with E-state index in [1.54, 1.807) is 0 Å².